The van der Waals surface area contributed by atoms with Crippen LogP contribution in [0.25, 0.3) is 0 Å². The summed E-state index contributed by atoms with van der Waals surface area (Å²) < 4.78 is 1.01. The molecule has 4 nitrogen and oxygen atoms in total. The molecular weight excluding hydrogens is 336 g/mol. The van der Waals surface area contributed by atoms with Gasteiger partial charge in [0.1, 0.15) is 5.82 Å². The molecule has 20 heavy (non-hydrogen) atoms. The summed E-state index contributed by atoms with van der Waals surface area (Å²) in [5, 5.41) is 5.51. The molecule has 108 valence electrons. The van der Waals surface area contributed by atoms with Gasteiger partial charge in [-0.15, -0.1) is 11.3 Å². The minimum Gasteiger partial charge on any atom is -0.353 e. The summed E-state index contributed by atoms with van der Waals surface area (Å²) in [7, 11) is 2.05. The van der Waals surface area contributed by atoms with E-state index in [2.05, 4.69) is 61.5 Å². The van der Waals surface area contributed by atoms with Crippen molar-refractivity contribution < 1.29 is 0 Å². The Balaban J connectivity index is 2.12. The summed E-state index contributed by atoms with van der Waals surface area (Å²) >= 11 is 5.12. The fourth-order valence-corrected chi connectivity index (χ4v) is 2.91. The molecule has 0 aliphatic rings. The van der Waals surface area contributed by atoms with Gasteiger partial charge in [-0.1, -0.05) is 6.92 Å². The Bertz CT molecular complexity index is 530. The molecular formula is C14H19BrN4S. The number of nitrogens with one attached hydrogen (secondary N) is 1. The minimum absolute atomic E-state index is 0.777. The fourth-order valence-electron chi connectivity index (χ4n) is 1.98. The quantitative estimate of drug-likeness (QED) is 0.773. The molecule has 1 N–H and O–H groups in total. The number of aromatic nitrogens is 2. The van der Waals surface area contributed by atoms with E-state index in [1.807, 2.05) is 11.7 Å². The van der Waals surface area contributed by atoms with Crippen molar-refractivity contribution >= 4 is 33.1 Å². The van der Waals surface area contributed by atoms with Gasteiger partial charge in [0.15, 0.2) is 0 Å². The first kappa shape index (κ1) is 15.4. The van der Waals surface area contributed by atoms with Crippen molar-refractivity contribution in [2.24, 2.45) is 0 Å². The van der Waals surface area contributed by atoms with Gasteiger partial charge >= 0.3 is 0 Å². The average Bonchev–Trinajstić information content (AvgIpc) is 2.92. The molecule has 0 aliphatic heterocycles. The number of thiazole rings is 1. The van der Waals surface area contributed by atoms with E-state index < -0.39 is 0 Å². The third-order valence-corrected chi connectivity index (χ3v) is 3.96. The molecule has 0 atom stereocenters. The van der Waals surface area contributed by atoms with E-state index in [9.17, 15) is 0 Å². The summed E-state index contributed by atoms with van der Waals surface area (Å²) in [6, 6.07) is 2.13. The van der Waals surface area contributed by atoms with E-state index in [4.69, 9.17) is 0 Å². The Labute approximate surface area is 132 Å². The summed E-state index contributed by atoms with van der Waals surface area (Å²) in [6.45, 7) is 4.79. The van der Waals surface area contributed by atoms with Crippen LogP contribution in [0.4, 0.5) is 5.82 Å². The lowest BCUT2D eigenvalue weighted by molar-refractivity contribution is 0.671. The molecule has 0 saturated heterocycles. The predicted octanol–water partition coefficient (Wildman–Crippen LogP) is 3.44. The monoisotopic (exact) mass is 354 g/mol. The number of rotatable bonds is 7. The van der Waals surface area contributed by atoms with Crippen molar-refractivity contribution in [1.29, 1.82) is 0 Å². The van der Waals surface area contributed by atoms with Crippen LogP contribution in [-0.2, 0) is 13.1 Å². The van der Waals surface area contributed by atoms with Crippen molar-refractivity contribution in [3.8, 4) is 0 Å². The second kappa shape index (κ2) is 7.71. The Hall–Kier alpha value is -0.980. The van der Waals surface area contributed by atoms with Crippen LogP contribution in [0.1, 0.15) is 24.6 Å². The van der Waals surface area contributed by atoms with Crippen molar-refractivity contribution in [2.45, 2.75) is 26.4 Å². The van der Waals surface area contributed by atoms with Gasteiger partial charge in [-0.25, -0.2) is 9.97 Å². The van der Waals surface area contributed by atoms with Crippen molar-refractivity contribution in [3.63, 3.8) is 0 Å². The maximum absolute atomic E-state index is 4.55. The zero-order chi connectivity index (χ0) is 14.4. The molecule has 0 amide bonds. The first-order valence-corrected chi connectivity index (χ1v) is 8.37. The molecule has 0 bridgehead atoms. The number of anilines is 1. The summed E-state index contributed by atoms with van der Waals surface area (Å²) in [6.07, 6.45) is 2.97. The molecule has 0 saturated carbocycles. The second-order valence-electron chi connectivity index (χ2n) is 4.65. The highest BCUT2D eigenvalue weighted by molar-refractivity contribution is 9.10. The van der Waals surface area contributed by atoms with Crippen LogP contribution in [0.2, 0.25) is 0 Å². The third kappa shape index (κ3) is 4.26. The minimum atomic E-state index is 0.777. The van der Waals surface area contributed by atoms with E-state index in [1.165, 1.54) is 5.56 Å². The van der Waals surface area contributed by atoms with Crippen LogP contribution in [0.15, 0.2) is 27.6 Å². The molecule has 0 fully saturated rings. The van der Waals surface area contributed by atoms with Gasteiger partial charge in [-0.05, 0) is 35.0 Å². The van der Waals surface area contributed by atoms with E-state index >= 15 is 0 Å². The Kier molecular flexibility index (Phi) is 5.94. The van der Waals surface area contributed by atoms with Gasteiger partial charge in [-0.3, -0.25) is 0 Å². The van der Waals surface area contributed by atoms with Crippen LogP contribution in [0.5, 0.6) is 0 Å². The molecule has 0 unspecified atom stereocenters. The standard InChI is InChI=1S/C14H19BrN4S/c1-3-4-16-6-11-5-12(15)7-17-14(11)19(2)8-13-9-20-10-18-13/h5,7,9-10,16H,3-4,6,8H2,1-2H3. The number of pyridine rings is 1. The van der Waals surface area contributed by atoms with Crippen LogP contribution >= 0.6 is 27.3 Å². The normalized spacial score (nSPS) is 10.8. The van der Waals surface area contributed by atoms with Gasteiger partial charge in [0, 0.05) is 35.2 Å². The zero-order valence-electron chi connectivity index (χ0n) is 11.8. The van der Waals surface area contributed by atoms with Crippen molar-refractivity contribution in [1.82, 2.24) is 15.3 Å². The molecule has 2 aromatic rings. The maximum Gasteiger partial charge on any atom is 0.133 e. The first-order valence-electron chi connectivity index (χ1n) is 6.64. The highest BCUT2D eigenvalue weighted by atomic mass is 79.9. The Morgan fingerprint density at radius 3 is 2.95 bits per heavy atom. The smallest absolute Gasteiger partial charge is 0.133 e. The molecule has 2 rings (SSSR count). The Morgan fingerprint density at radius 2 is 2.25 bits per heavy atom. The van der Waals surface area contributed by atoms with Gasteiger partial charge in [-0.2, -0.15) is 0 Å². The summed E-state index contributed by atoms with van der Waals surface area (Å²) in [5.74, 6) is 1.00. The maximum atomic E-state index is 4.55. The highest BCUT2D eigenvalue weighted by Crippen LogP contribution is 2.22. The molecule has 6 heteroatoms. The summed E-state index contributed by atoms with van der Waals surface area (Å²) in [5.41, 5.74) is 4.14. The highest BCUT2D eigenvalue weighted by Gasteiger charge is 2.11. The van der Waals surface area contributed by atoms with Crippen LogP contribution in [0.3, 0.4) is 0 Å². The molecule has 0 aliphatic carbocycles. The van der Waals surface area contributed by atoms with Crippen molar-refractivity contribution in [2.75, 3.05) is 18.5 Å². The van der Waals surface area contributed by atoms with Crippen molar-refractivity contribution in [3.05, 3.63) is 38.9 Å². The van der Waals surface area contributed by atoms with E-state index in [0.29, 0.717) is 0 Å². The lowest BCUT2D eigenvalue weighted by Gasteiger charge is -2.20. The second-order valence-corrected chi connectivity index (χ2v) is 6.28. The lowest BCUT2D eigenvalue weighted by atomic mass is 10.2. The summed E-state index contributed by atoms with van der Waals surface area (Å²) in [4.78, 5) is 11.0. The predicted molar refractivity (Wildman–Crippen MR) is 88.2 cm³/mol. The van der Waals surface area contributed by atoms with Gasteiger partial charge < -0.3 is 10.2 Å². The topological polar surface area (TPSA) is 41.1 Å². The SMILES string of the molecule is CCCNCc1cc(Br)cnc1N(C)Cc1cscn1. The molecule has 0 aromatic carbocycles. The Morgan fingerprint density at radius 1 is 1.40 bits per heavy atom. The van der Waals surface area contributed by atoms with Gasteiger partial charge in [0.25, 0.3) is 0 Å². The average molecular weight is 355 g/mol. The number of hydrogen-bond acceptors (Lipinski definition) is 5. The van der Waals surface area contributed by atoms with Crippen LogP contribution < -0.4 is 10.2 Å². The van der Waals surface area contributed by atoms with Crippen LogP contribution in [-0.4, -0.2) is 23.6 Å². The zero-order valence-corrected chi connectivity index (χ0v) is 14.2. The molecule has 0 radical (unpaired) electrons. The number of nitrogens with zero attached hydrogens (tertiary/aromatic N) is 3. The molecule has 2 aromatic heterocycles. The first-order chi connectivity index (χ1) is 9.70. The van der Waals surface area contributed by atoms with Crippen LogP contribution in [0, 0.1) is 0 Å². The van der Waals surface area contributed by atoms with Gasteiger partial charge in [0.2, 0.25) is 0 Å². The molecule has 0 spiro atoms. The van der Waals surface area contributed by atoms with Gasteiger partial charge in [0.05, 0.1) is 17.7 Å². The number of halogens is 1. The molecule has 2 heterocycles. The third-order valence-electron chi connectivity index (χ3n) is 2.90. The van der Waals surface area contributed by atoms with E-state index in [1.54, 1.807) is 11.3 Å². The lowest BCUT2D eigenvalue weighted by Crippen LogP contribution is -2.22. The van der Waals surface area contributed by atoms with E-state index in [0.717, 1.165) is 42.0 Å². The van der Waals surface area contributed by atoms with E-state index in [-0.39, 0.29) is 0 Å². The fraction of sp³-hybridized carbons (Fsp3) is 0.429. The number of hydrogen-bond donors (Lipinski definition) is 1. The largest absolute Gasteiger partial charge is 0.353 e.